The molecular formula is C20H22O2. The summed E-state index contributed by atoms with van der Waals surface area (Å²) in [6.07, 6.45) is 11.5. The average molecular weight is 294 g/mol. The zero-order valence-corrected chi connectivity index (χ0v) is 12.9. The molecule has 0 aromatic heterocycles. The van der Waals surface area contributed by atoms with E-state index in [0.717, 1.165) is 54.7 Å². The van der Waals surface area contributed by atoms with Crippen molar-refractivity contribution >= 4 is 11.4 Å². The summed E-state index contributed by atoms with van der Waals surface area (Å²) < 4.78 is 5.64. The first-order valence-electron chi connectivity index (χ1n) is 8.08. The minimum absolute atomic E-state index is 0.221. The van der Waals surface area contributed by atoms with Gasteiger partial charge in [0, 0.05) is 12.0 Å². The number of carbonyl (C=O) groups excluding carboxylic acids is 1. The first kappa shape index (κ1) is 14.8. The number of allylic oxidation sites excluding steroid dienone is 5. The lowest BCUT2D eigenvalue weighted by molar-refractivity contribution is -0.115. The molecule has 2 nitrogen and oxygen atoms in total. The largest absolute Gasteiger partial charge is 0.493 e. The second kappa shape index (κ2) is 6.78. The molecule has 0 saturated heterocycles. The smallest absolute Gasteiger partial charge is 0.162 e. The van der Waals surface area contributed by atoms with Gasteiger partial charge in [-0.25, -0.2) is 0 Å². The zero-order chi connectivity index (χ0) is 15.4. The maximum atomic E-state index is 12.2. The van der Waals surface area contributed by atoms with Crippen LogP contribution in [0.25, 0.3) is 5.57 Å². The molecule has 3 rings (SSSR count). The van der Waals surface area contributed by atoms with E-state index in [1.54, 1.807) is 0 Å². The van der Waals surface area contributed by atoms with E-state index in [-0.39, 0.29) is 5.78 Å². The maximum absolute atomic E-state index is 12.2. The summed E-state index contributed by atoms with van der Waals surface area (Å²) in [6, 6.07) is 6.25. The van der Waals surface area contributed by atoms with E-state index >= 15 is 0 Å². The van der Waals surface area contributed by atoms with E-state index in [9.17, 15) is 4.79 Å². The Morgan fingerprint density at radius 3 is 2.95 bits per heavy atom. The lowest BCUT2D eigenvalue weighted by Gasteiger charge is -2.18. The van der Waals surface area contributed by atoms with Gasteiger partial charge in [-0.2, -0.15) is 0 Å². The van der Waals surface area contributed by atoms with Crippen molar-refractivity contribution in [3.05, 3.63) is 59.7 Å². The molecule has 0 radical (unpaired) electrons. The third-order valence-electron chi connectivity index (χ3n) is 4.29. The lowest BCUT2D eigenvalue weighted by atomic mass is 9.94. The molecule has 0 spiro atoms. The van der Waals surface area contributed by atoms with E-state index in [1.165, 1.54) is 5.56 Å². The summed E-state index contributed by atoms with van der Waals surface area (Å²) in [6.45, 7) is 4.97. The SMILES string of the molecule is C=C(CCC(=O)C1=CCCC=C1)c1ccc2c(c1)CCCO2. The lowest BCUT2D eigenvalue weighted by Crippen LogP contribution is -2.08. The van der Waals surface area contributed by atoms with E-state index in [1.807, 2.05) is 18.2 Å². The van der Waals surface area contributed by atoms with Crippen LogP contribution in [0.5, 0.6) is 5.75 Å². The van der Waals surface area contributed by atoms with Crippen LogP contribution in [-0.4, -0.2) is 12.4 Å². The Bertz CT molecular complexity index is 650. The van der Waals surface area contributed by atoms with Gasteiger partial charge in [0.05, 0.1) is 6.61 Å². The van der Waals surface area contributed by atoms with E-state index < -0.39 is 0 Å². The van der Waals surface area contributed by atoms with Gasteiger partial charge in [0.1, 0.15) is 5.75 Å². The Kier molecular flexibility index (Phi) is 4.57. The highest BCUT2D eigenvalue weighted by atomic mass is 16.5. The van der Waals surface area contributed by atoms with Gasteiger partial charge < -0.3 is 4.74 Å². The van der Waals surface area contributed by atoms with Crippen molar-refractivity contribution in [3.8, 4) is 5.75 Å². The van der Waals surface area contributed by atoms with Gasteiger partial charge in [0.2, 0.25) is 0 Å². The van der Waals surface area contributed by atoms with E-state index in [0.29, 0.717) is 12.8 Å². The van der Waals surface area contributed by atoms with Crippen molar-refractivity contribution in [2.75, 3.05) is 6.61 Å². The van der Waals surface area contributed by atoms with Crippen molar-refractivity contribution in [3.63, 3.8) is 0 Å². The fraction of sp³-hybridized carbons (Fsp3) is 0.350. The van der Waals surface area contributed by atoms with Crippen LogP contribution in [0.2, 0.25) is 0 Å². The molecule has 1 aliphatic carbocycles. The van der Waals surface area contributed by atoms with Crippen molar-refractivity contribution in [2.45, 2.75) is 38.5 Å². The molecule has 0 saturated carbocycles. The van der Waals surface area contributed by atoms with Gasteiger partial charge in [-0.3, -0.25) is 4.79 Å². The standard InChI is InChI=1S/C20H22O2/c1-15(9-11-19(21)16-6-3-2-4-7-16)17-10-12-20-18(14-17)8-5-13-22-20/h3,6-7,10,12,14H,1-2,4-5,8-9,11,13H2. The molecule has 114 valence electrons. The molecule has 1 heterocycles. The molecule has 0 bridgehead atoms. The average Bonchev–Trinajstić information content (AvgIpc) is 2.59. The zero-order valence-electron chi connectivity index (χ0n) is 12.9. The fourth-order valence-corrected chi connectivity index (χ4v) is 2.95. The van der Waals surface area contributed by atoms with Gasteiger partial charge in [-0.05, 0) is 60.9 Å². The molecule has 22 heavy (non-hydrogen) atoms. The summed E-state index contributed by atoms with van der Waals surface area (Å²) in [5.74, 6) is 1.22. The molecule has 0 amide bonds. The fourth-order valence-electron chi connectivity index (χ4n) is 2.95. The van der Waals surface area contributed by atoms with Crippen LogP contribution < -0.4 is 4.74 Å². The minimum Gasteiger partial charge on any atom is -0.493 e. The van der Waals surface area contributed by atoms with Gasteiger partial charge in [0.15, 0.2) is 5.78 Å². The minimum atomic E-state index is 0.221. The Balaban J connectivity index is 1.61. The second-order valence-electron chi connectivity index (χ2n) is 5.94. The van der Waals surface area contributed by atoms with Crippen molar-refractivity contribution in [1.82, 2.24) is 0 Å². The molecule has 0 atom stereocenters. The van der Waals surface area contributed by atoms with Gasteiger partial charge in [-0.15, -0.1) is 0 Å². The number of benzene rings is 1. The highest BCUT2D eigenvalue weighted by Gasteiger charge is 2.13. The first-order valence-corrected chi connectivity index (χ1v) is 8.08. The van der Waals surface area contributed by atoms with Gasteiger partial charge in [-0.1, -0.05) is 30.9 Å². The quantitative estimate of drug-likeness (QED) is 0.790. The summed E-state index contributed by atoms with van der Waals surface area (Å²) in [5.41, 5.74) is 4.28. The summed E-state index contributed by atoms with van der Waals surface area (Å²) in [5, 5.41) is 0. The molecular weight excluding hydrogens is 272 g/mol. The van der Waals surface area contributed by atoms with Crippen LogP contribution in [0.3, 0.4) is 0 Å². The Labute approximate surface area is 132 Å². The predicted octanol–water partition coefficient (Wildman–Crippen LogP) is 4.65. The van der Waals surface area contributed by atoms with E-state index in [2.05, 4.69) is 24.8 Å². The number of ether oxygens (including phenoxy) is 1. The molecule has 2 aliphatic rings. The topological polar surface area (TPSA) is 26.3 Å². The third kappa shape index (κ3) is 3.38. The Hall–Kier alpha value is -2.09. The number of aryl methyl sites for hydroxylation is 1. The number of fused-ring (bicyclic) bond motifs is 1. The maximum Gasteiger partial charge on any atom is 0.162 e. The molecule has 2 heteroatoms. The van der Waals surface area contributed by atoms with Crippen molar-refractivity contribution in [2.24, 2.45) is 0 Å². The monoisotopic (exact) mass is 294 g/mol. The second-order valence-corrected chi connectivity index (χ2v) is 5.94. The van der Waals surface area contributed by atoms with Gasteiger partial charge >= 0.3 is 0 Å². The number of hydrogen-bond acceptors (Lipinski definition) is 2. The number of hydrogen-bond donors (Lipinski definition) is 0. The summed E-state index contributed by atoms with van der Waals surface area (Å²) in [7, 11) is 0. The van der Waals surface area contributed by atoms with Crippen molar-refractivity contribution < 1.29 is 9.53 Å². The summed E-state index contributed by atoms with van der Waals surface area (Å²) in [4.78, 5) is 12.2. The first-order chi connectivity index (χ1) is 10.7. The molecule has 1 aliphatic heterocycles. The molecule has 0 unspecified atom stereocenters. The van der Waals surface area contributed by atoms with Crippen LogP contribution in [0.1, 0.15) is 43.2 Å². The third-order valence-corrected chi connectivity index (χ3v) is 4.29. The Morgan fingerprint density at radius 2 is 2.14 bits per heavy atom. The predicted molar refractivity (Wildman–Crippen MR) is 90.0 cm³/mol. The summed E-state index contributed by atoms with van der Waals surface area (Å²) >= 11 is 0. The molecule has 0 fully saturated rings. The Morgan fingerprint density at radius 1 is 1.23 bits per heavy atom. The van der Waals surface area contributed by atoms with E-state index in [4.69, 9.17) is 4.74 Å². The highest BCUT2D eigenvalue weighted by molar-refractivity contribution is 5.98. The highest BCUT2D eigenvalue weighted by Crippen LogP contribution is 2.29. The van der Waals surface area contributed by atoms with Crippen LogP contribution in [0, 0.1) is 0 Å². The van der Waals surface area contributed by atoms with Gasteiger partial charge in [0.25, 0.3) is 0 Å². The number of Topliss-reactive ketones (excluding diaryl/α,β-unsaturated/α-hetero) is 1. The molecule has 1 aromatic carbocycles. The number of rotatable bonds is 5. The van der Waals surface area contributed by atoms with Crippen molar-refractivity contribution in [1.29, 1.82) is 0 Å². The van der Waals surface area contributed by atoms with Crippen LogP contribution in [0.15, 0.2) is 48.6 Å². The normalized spacial score (nSPS) is 16.5. The number of ketones is 1. The van der Waals surface area contributed by atoms with Crippen LogP contribution in [0.4, 0.5) is 0 Å². The van der Waals surface area contributed by atoms with Crippen LogP contribution >= 0.6 is 0 Å². The molecule has 1 aromatic rings. The van der Waals surface area contributed by atoms with Crippen LogP contribution in [-0.2, 0) is 11.2 Å². The number of carbonyl (C=O) groups is 1. The molecule has 0 N–H and O–H groups in total.